The Morgan fingerprint density at radius 1 is 1.20 bits per heavy atom. The Balaban J connectivity index is 2.77. The zero-order chi connectivity index (χ0) is 15.1. The molecule has 1 aromatic carbocycles. The van der Waals surface area contributed by atoms with Gasteiger partial charge < -0.3 is 14.8 Å². The van der Waals surface area contributed by atoms with Crippen molar-refractivity contribution in [2.45, 2.75) is 39.7 Å². The third kappa shape index (κ3) is 4.15. The van der Waals surface area contributed by atoms with Gasteiger partial charge in [0, 0.05) is 5.92 Å². The second-order valence-electron chi connectivity index (χ2n) is 5.03. The zero-order valence-electron chi connectivity index (χ0n) is 13.0. The molecular weight excluding hydrogens is 254 g/mol. The Morgan fingerprint density at radius 2 is 1.85 bits per heavy atom. The molecule has 2 atom stereocenters. The van der Waals surface area contributed by atoms with E-state index in [1.165, 1.54) is 0 Å². The first kappa shape index (κ1) is 16.3. The fraction of sp³-hybridized carbons (Fsp3) is 0.562. The summed E-state index contributed by atoms with van der Waals surface area (Å²) < 4.78 is 10.5. The second-order valence-corrected chi connectivity index (χ2v) is 5.03. The summed E-state index contributed by atoms with van der Waals surface area (Å²) >= 11 is 0. The van der Waals surface area contributed by atoms with Crippen molar-refractivity contribution in [3.05, 3.63) is 23.8 Å². The van der Waals surface area contributed by atoms with Crippen molar-refractivity contribution in [2.24, 2.45) is 5.92 Å². The van der Waals surface area contributed by atoms with Crippen molar-refractivity contribution in [3.8, 4) is 11.5 Å². The standard InChI is InChI=1S/C16H25NO3/c1-6-7-11(2)16(18)17-12(3)13-8-9-14(19-4)15(10-13)20-5/h8-12H,6-7H2,1-5H3,(H,17,18). The van der Waals surface area contributed by atoms with Gasteiger partial charge in [0.05, 0.1) is 20.3 Å². The molecule has 0 heterocycles. The van der Waals surface area contributed by atoms with E-state index in [2.05, 4.69) is 12.2 Å². The Hall–Kier alpha value is -1.71. The normalized spacial score (nSPS) is 13.4. The molecule has 0 saturated heterocycles. The van der Waals surface area contributed by atoms with Gasteiger partial charge in [-0.15, -0.1) is 0 Å². The van der Waals surface area contributed by atoms with Crippen LogP contribution >= 0.6 is 0 Å². The number of nitrogens with one attached hydrogen (secondary N) is 1. The average Bonchev–Trinajstić information content (AvgIpc) is 2.46. The lowest BCUT2D eigenvalue weighted by atomic mass is 10.0. The van der Waals surface area contributed by atoms with E-state index in [0.717, 1.165) is 18.4 Å². The second kappa shape index (κ2) is 7.78. The molecule has 4 nitrogen and oxygen atoms in total. The minimum Gasteiger partial charge on any atom is -0.493 e. The smallest absolute Gasteiger partial charge is 0.223 e. The van der Waals surface area contributed by atoms with Crippen molar-refractivity contribution in [2.75, 3.05) is 14.2 Å². The molecule has 112 valence electrons. The molecule has 0 aliphatic heterocycles. The van der Waals surface area contributed by atoms with Gasteiger partial charge in [-0.05, 0) is 31.0 Å². The molecule has 0 radical (unpaired) electrons. The van der Waals surface area contributed by atoms with Gasteiger partial charge in [0.15, 0.2) is 11.5 Å². The van der Waals surface area contributed by atoms with Crippen LogP contribution < -0.4 is 14.8 Å². The third-order valence-corrected chi connectivity index (χ3v) is 3.44. The first-order valence-electron chi connectivity index (χ1n) is 7.05. The Bertz CT molecular complexity index is 445. The molecule has 0 aliphatic carbocycles. The number of carbonyl (C=O) groups excluding carboxylic acids is 1. The van der Waals surface area contributed by atoms with E-state index in [9.17, 15) is 4.79 Å². The van der Waals surface area contributed by atoms with Crippen LogP contribution in [0.15, 0.2) is 18.2 Å². The predicted molar refractivity (Wildman–Crippen MR) is 80.2 cm³/mol. The molecule has 20 heavy (non-hydrogen) atoms. The Labute approximate surface area is 121 Å². The first-order chi connectivity index (χ1) is 9.53. The summed E-state index contributed by atoms with van der Waals surface area (Å²) in [5.41, 5.74) is 1.000. The maximum Gasteiger partial charge on any atom is 0.223 e. The van der Waals surface area contributed by atoms with Crippen LogP contribution in [0.2, 0.25) is 0 Å². The molecule has 0 fully saturated rings. The van der Waals surface area contributed by atoms with Gasteiger partial charge in [0.2, 0.25) is 5.91 Å². The van der Waals surface area contributed by atoms with Gasteiger partial charge in [-0.25, -0.2) is 0 Å². The van der Waals surface area contributed by atoms with E-state index in [0.29, 0.717) is 11.5 Å². The highest BCUT2D eigenvalue weighted by atomic mass is 16.5. The number of hydrogen-bond acceptors (Lipinski definition) is 3. The van der Waals surface area contributed by atoms with Gasteiger partial charge in [0.25, 0.3) is 0 Å². The van der Waals surface area contributed by atoms with Crippen molar-refractivity contribution < 1.29 is 14.3 Å². The summed E-state index contributed by atoms with van der Waals surface area (Å²) in [4.78, 5) is 12.0. The molecule has 0 aliphatic rings. The minimum absolute atomic E-state index is 0.0441. The fourth-order valence-electron chi connectivity index (χ4n) is 2.13. The quantitative estimate of drug-likeness (QED) is 0.833. The van der Waals surface area contributed by atoms with Crippen molar-refractivity contribution in [3.63, 3.8) is 0 Å². The summed E-state index contributed by atoms with van der Waals surface area (Å²) in [6.07, 6.45) is 1.92. The van der Waals surface area contributed by atoms with E-state index in [4.69, 9.17) is 9.47 Å². The number of amides is 1. The maximum absolute atomic E-state index is 12.0. The monoisotopic (exact) mass is 279 g/mol. The number of hydrogen-bond donors (Lipinski definition) is 1. The summed E-state index contributed by atoms with van der Waals surface area (Å²) in [6, 6.07) is 5.64. The van der Waals surface area contributed by atoms with Crippen LogP contribution in [0.4, 0.5) is 0 Å². The van der Waals surface area contributed by atoms with Crippen molar-refractivity contribution in [1.29, 1.82) is 0 Å². The zero-order valence-corrected chi connectivity index (χ0v) is 13.0. The summed E-state index contributed by atoms with van der Waals surface area (Å²) in [6.45, 7) is 6.01. The topological polar surface area (TPSA) is 47.6 Å². The van der Waals surface area contributed by atoms with Crippen molar-refractivity contribution in [1.82, 2.24) is 5.32 Å². The number of rotatable bonds is 7. The molecule has 0 aromatic heterocycles. The number of ether oxygens (including phenoxy) is 2. The van der Waals surface area contributed by atoms with E-state index >= 15 is 0 Å². The van der Waals surface area contributed by atoms with E-state index in [1.807, 2.05) is 32.0 Å². The van der Waals surface area contributed by atoms with Gasteiger partial charge in [0.1, 0.15) is 0 Å². The van der Waals surface area contributed by atoms with Crippen molar-refractivity contribution >= 4 is 5.91 Å². The Morgan fingerprint density at radius 3 is 2.40 bits per heavy atom. The molecule has 1 aromatic rings. The lowest BCUT2D eigenvalue weighted by Gasteiger charge is -2.19. The van der Waals surface area contributed by atoms with Crippen LogP contribution in [0, 0.1) is 5.92 Å². The SMILES string of the molecule is CCCC(C)C(=O)NC(C)c1ccc(OC)c(OC)c1. The van der Waals surface area contributed by atoms with Crippen LogP contribution in [0.25, 0.3) is 0 Å². The number of methoxy groups -OCH3 is 2. The summed E-state index contributed by atoms with van der Waals surface area (Å²) in [7, 11) is 3.21. The van der Waals surface area contributed by atoms with E-state index < -0.39 is 0 Å². The molecule has 1 N–H and O–H groups in total. The number of benzene rings is 1. The molecule has 0 bridgehead atoms. The largest absolute Gasteiger partial charge is 0.493 e. The predicted octanol–water partition coefficient (Wildman–Crippen LogP) is 3.32. The minimum atomic E-state index is -0.0541. The van der Waals surface area contributed by atoms with Gasteiger partial charge in [-0.1, -0.05) is 26.3 Å². The third-order valence-electron chi connectivity index (χ3n) is 3.44. The fourth-order valence-corrected chi connectivity index (χ4v) is 2.13. The van der Waals surface area contributed by atoms with Crippen LogP contribution in [-0.4, -0.2) is 20.1 Å². The molecule has 1 amide bonds. The Kier molecular flexibility index (Phi) is 6.36. The van der Waals surface area contributed by atoms with E-state index in [1.54, 1.807) is 14.2 Å². The molecular formula is C16H25NO3. The first-order valence-corrected chi connectivity index (χ1v) is 7.05. The van der Waals surface area contributed by atoms with E-state index in [-0.39, 0.29) is 17.9 Å². The highest BCUT2D eigenvalue weighted by molar-refractivity contribution is 5.78. The van der Waals surface area contributed by atoms with Crippen LogP contribution in [0.3, 0.4) is 0 Å². The van der Waals surface area contributed by atoms with Crippen LogP contribution in [-0.2, 0) is 4.79 Å². The lowest BCUT2D eigenvalue weighted by Crippen LogP contribution is -2.31. The summed E-state index contributed by atoms with van der Waals surface area (Å²) in [5.74, 6) is 1.50. The molecule has 4 heteroatoms. The van der Waals surface area contributed by atoms with Gasteiger partial charge in [-0.2, -0.15) is 0 Å². The number of carbonyl (C=O) groups is 1. The van der Waals surface area contributed by atoms with Crippen LogP contribution in [0.1, 0.15) is 45.2 Å². The molecule has 0 spiro atoms. The maximum atomic E-state index is 12.0. The lowest BCUT2D eigenvalue weighted by molar-refractivity contribution is -0.125. The molecule has 1 rings (SSSR count). The molecule has 2 unspecified atom stereocenters. The van der Waals surface area contributed by atoms with Gasteiger partial charge >= 0.3 is 0 Å². The summed E-state index contributed by atoms with van der Waals surface area (Å²) in [5, 5.41) is 3.03. The van der Waals surface area contributed by atoms with Crippen LogP contribution in [0.5, 0.6) is 11.5 Å². The molecule has 0 saturated carbocycles. The highest BCUT2D eigenvalue weighted by Gasteiger charge is 2.16. The van der Waals surface area contributed by atoms with Gasteiger partial charge in [-0.3, -0.25) is 4.79 Å². The highest BCUT2D eigenvalue weighted by Crippen LogP contribution is 2.29. The average molecular weight is 279 g/mol.